The zero-order valence-corrected chi connectivity index (χ0v) is 29.1. The Morgan fingerprint density at radius 3 is 1.33 bits per heavy atom. The van der Waals surface area contributed by atoms with Gasteiger partial charge in [0.2, 0.25) is 35.7 Å². The van der Waals surface area contributed by atoms with E-state index in [4.69, 9.17) is 20.9 Å². The fraction of sp³-hybridized carbons (Fsp3) is 0.357. The molecular weight excluding hydrogens is 725 g/mol. The van der Waals surface area contributed by atoms with Gasteiger partial charge in [-0.05, 0) is 48.2 Å². The molecule has 4 aromatic rings. The Bertz CT molecular complexity index is 1980. The van der Waals surface area contributed by atoms with E-state index in [1.165, 1.54) is 36.4 Å². The highest BCUT2D eigenvalue weighted by Gasteiger charge is 2.21. The molecule has 2 aromatic heterocycles. The molecule has 2 saturated heterocycles. The van der Waals surface area contributed by atoms with Crippen molar-refractivity contribution in [1.82, 2.24) is 39.9 Å². The summed E-state index contributed by atoms with van der Waals surface area (Å²) < 4.78 is 80.7. The minimum atomic E-state index is -4.75. The molecule has 0 spiro atoms. The first-order valence-electron chi connectivity index (χ1n) is 15.8. The number of hydrogen-bond acceptors (Lipinski definition) is 20. The molecule has 278 valence electrons. The van der Waals surface area contributed by atoms with Gasteiger partial charge in [-0.15, -0.1) is 0 Å². The first-order chi connectivity index (χ1) is 24.8. The highest BCUT2D eigenvalue weighted by molar-refractivity contribution is 7.86. The van der Waals surface area contributed by atoms with E-state index in [0.29, 0.717) is 52.6 Å². The van der Waals surface area contributed by atoms with Crippen LogP contribution in [0.15, 0.2) is 46.2 Å². The highest BCUT2D eigenvalue weighted by atomic mass is 32.2. The Hall–Kier alpha value is -5.08. The van der Waals surface area contributed by atoms with Gasteiger partial charge < -0.3 is 31.6 Å². The molecule has 24 heteroatoms. The van der Waals surface area contributed by atoms with Crippen LogP contribution in [0.25, 0.3) is 0 Å². The average molecular weight is 761 g/mol. The summed E-state index contributed by atoms with van der Waals surface area (Å²) in [5, 5.41) is 9.42. The third kappa shape index (κ3) is 9.82. The van der Waals surface area contributed by atoms with Crippen molar-refractivity contribution in [3.8, 4) is 0 Å². The lowest BCUT2D eigenvalue weighted by Gasteiger charge is -2.26. The molecule has 0 unspecified atom stereocenters. The molecule has 0 radical (unpaired) electrons. The molecule has 0 amide bonds. The van der Waals surface area contributed by atoms with Gasteiger partial charge in [0.1, 0.15) is 0 Å². The SMILES string of the molecule is Nc1nc(Nc2ccc(CCc3ccc(Nc4nc(N)nc(NN5CCOCC5)n4)cc3S(=O)(=O)O)c(S(=O)(=O)O)c2)nc(NN2CCOCC2)n1. The first kappa shape index (κ1) is 36.7. The molecule has 6 rings (SSSR count). The number of morpholine rings is 2. The second kappa shape index (κ2) is 15.7. The van der Waals surface area contributed by atoms with Crippen molar-refractivity contribution in [3.05, 3.63) is 47.5 Å². The lowest BCUT2D eigenvalue weighted by molar-refractivity contribution is 0.0492. The Labute approximate surface area is 297 Å². The van der Waals surface area contributed by atoms with Crippen LogP contribution in [0.3, 0.4) is 0 Å². The number of nitrogens with one attached hydrogen (secondary N) is 4. The summed E-state index contributed by atoms with van der Waals surface area (Å²) in [5.41, 5.74) is 18.5. The number of ether oxygens (including phenoxy) is 2. The van der Waals surface area contributed by atoms with Crippen molar-refractivity contribution in [2.45, 2.75) is 22.6 Å². The Morgan fingerprint density at radius 1 is 0.596 bits per heavy atom. The summed E-state index contributed by atoms with van der Waals surface area (Å²) >= 11 is 0. The first-order valence-corrected chi connectivity index (χ1v) is 18.6. The van der Waals surface area contributed by atoms with Crippen molar-refractivity contribution < 1.29 is 35.4 Å². The lowest BCUT2D eigenvalue weighted by atomic mass is 10.0. The van der Waals surface area contributed by atoms with Crippen LogP contribution >= 0.6 is 0 Å². The molecule has 4 heterocycles. The van der Waals surface area contributed by atoms with E-state index in [9.17, 15) is 25.9 Å². The van der Waals surface area contributed by atoms with Gasteiger partial charge in [0.25, 0.3) is 20.2 Å². The number of hydrazine groups is 2. The Kier molecular flexibility index (Phi) is 11.1. The van der Waals surface area contributed by atoms with Gasteiger partial charge in [0, 0.05) is 37.6 Å². The minimum Gasteiger partial charge on any atom is -0.379 e. The molecule has 0 aliphatic carbocycles. The zero-order chi connectivity index (χ0) is 36.9. The van der Waals surface area contributed by atoms with Gasteiger partial charge >= 0.3 is 0 Å². The third-order valence-electron chi connectivity index (χ3n) is 7.71. The molecule has 2 aliphatic rings. The van der Waals surface area contributed by atoms with Crippen LogP contribution in [0, 0.1) is 0 Å². The van der Waals surface area contributed by atoms with Gasteiger partial charge in [-0.2, -0.15) is 46.7 Å². The molecule has 0 saturated carbocycles. The second-order valence-corrected chi connectivity index (χ2v) is 14.2. The maximum atomic E-state index is 12.5. The summed E-state index contributed by atoms with van der Waals surface area (Å²) in [6, 6.07) is 8.30. The standard InChI is InChI=1S/C28H36N14O8S2/c29-23-33-25(37-27(35-23)39-41-7-11-49-12-8-41)31-19-5-3-17(21(15-19)51(43,44)45)1-2-18-4-6-20(16-22(18)52(46,47)48)32-26-34-24(30)36-28(38-26)40-42-9-13-50-14-10-42/h3-6,15-16H,1-2,7-14H2,(H,43,44,45)(H,46,47,48)(H4,29,31,33,35,37,39)(H4,30,32,34,36,38,40). The predicted molar refractivity (Wildman–Crippen MR) is 187 cm³/mol. The fourth-order valence-corrected chi connectivity index (χ4v) is 6.87. The highest BCUT2D eigenvalue weighted by Crippen LogP contribution is 2.28. The number of nitrogens with zero attached hydrogens (tertiary/aromatic N) is 8. The monoisotopic (exact) mass is 760 g/mol. The van der Waals surface area contributed by atoms with E-state index < -0.39 is 30.0 Å². The molecule has 22 nitrogen and oxygen atoms in total. The number of benzene rings is 2. The van der Waals surface area contributed by atoms with Crippen LogP contribution in [-0.2, 0) is 42.6 Å². The molecule has 0 bridgehead atoms. The minimum absolute atomic E-state index is 0.00762. The predicted octanol–water partition coefficient (Wildman–Crippen LogP) is 0.305. The van der Waals surface area contributed by atoms with E-state index >= 15 is 0 Å². The van der Waals surface area contributed by atoms with Crippen molar-refractivity contribution in [1.29, 1.82) is 0 Å². The third-order valence-corrected chi connectivity index (χ3v) is 9.58. The van der Waals surface area contributed by atoms with Crippen LogP contribution in [0.4, 0.5) is 47.1 Å². The van der Waals surface area contributed by atoms with Gasteiger partial charge in [0.15, 0.2) is 0 Å². The number of nitrogen functional groups attached to an aromatic ring is 2. The van der Waals surface area contributed by atoms with E-state index in [-0.39, 0.29) is 71.0 Å². The van der Waals surface area contributed by atoms with Gasteiger partial charge in [-0.25, -0.2) is 10.0 Å². The van der Waals surface area contributed by atoms with Crippen molar-refractivity contribution >= 4 is 67.3 Å². The van der Waals surface area contributed by atoms with Crippen LogP contribution in [0.5, 0.6) is 0 Å². The number of nitrogens with two attached hydrogens (primary N) is 2. The van der Waals surface area contributed by atoms with E-state index in [1.54, 1.807) is 0 Å². The lowest BCUT2D eigenvalue weighted by Crippen LogP contribution is -2.40. The van der Waals surface area contributed by atoms with Crippen LogP contribution in [0.2, 0.25) is 0 Å². The molecular formula is C28H36N14O8S2. The normalized spacial score (nSPS) is 16.0. The summed E-state index contributed by atoms with van der Waals surface area (Å²) in [6.45, 7) is 4.45. The summed E-state index contributed by atoms with van der Waals surface area (Å²) in [4.78, 5) is 23.9. The van der Waals surface area contributed by atoms with Gasteiger partial charge in [-0.3, -0.25) is 20.0 Å². The largest absolute Gasteiger partial charge is 0.379 e. The maximum Gasteiger partial charge on any atom is 0.294 e. The van der Waals surface area contributed by atoms with Crippen molar-refractivity contribution in [2.24, 2.45) is 0 Å². The number of aryl methyl sites for hydroxylation is 2. The quantitative estimate of drug-likeness (QED) is 0.0850. The topological polar surface area (TPSA) is 311 Å². The molecule has 0 atom stereocenters. The van der Waals surface area contributed by atoms with Crippen LogP contribution < -0.4 is 33.0 Å². The average Bonchev–Trinajstić information content (AvgIpc) is 3.07. The summed E-state index contributed by atoms with van der Waals surface area (Å²) in [7, 11) is -9.51. The number of anilines is 8. The zero-order valence-electron chi connectivity index (χ0n) is 27.4. The van der Waals surface area contributed by atoms with E-state index in [0.717, 1.165) is 0 Å². The second-order valence-electron chi connectivity index (χ2n) is 11.4. The Morgan fingerprint density at radius 2 is 0.962 bits per heavy atom. The Balaban J connectivity index is 1.18. The van der Waals surface area contributed by atoms with Crippen LogP contribution in [0.1, 0.15) is 11.1 Å². The molecule has 2 aromatic carbocycles. The summed E-state index contributed by atoms with van der Waals surface area (Å²) in [5.74, 6) is 0.128. The molecule has 10 N–H and O–H groups in total. The number of rotatable bonds is 13. The van der Waals surface area contributed by atoms with Crippen molar-refractivity contribution in [2.75, 3.05) is 85.6 Å². The van der Waals surface area contributed by atoms with E-state index in [1.807, 2.05) is 10.0 Å². The maximum absolute atomic E-state index is 12.5. The van der Waals surface area contributed by atoms with E-state index in [2.05, 4.69) is 51.4 Å². The number of hydrogen-bond donors (Lipinski definition) is 8. The van der Waals surface area contributed by atoms with Gasteiger partial charge in [-0.1, -0.05) is 12.1 Å². The molecule has 52 heavy (non-hydrogen) atoms. The smallest absolute Gasteiger partial charge is 0.294 e. The van der Waals surface area contributed by atoms with Crippen LogP contribution in [-0.4, -0.2) is 118 Å². The van der Waals surface area contributed by atoms with Crippen molar-refractivity contribution in [3.63, 3.8) is 0 Å². The van der Waals surface area contributed by atoms with Gasteiger partial charge in [0.05, 0.1) is 36.2 Å². The number of aromatic nitrogens is 6. The molecule has 2 aliphatic heterocycles. The molecule has 2 fully saturated rings. The fourth-order valence-electron chi connectivity index (χ4n) is 5.32. The summed E-state index contributed by atoms with van der Waals surface area (Å²) in [6.07, 6.45) is -0.0881.